The number of aliphatic hydroxyl groups is 1. The Hall–Kier alpha value is -2.34. The van der Waals surface area contributed by atoms with Gasteiger partial charge in [-0.3, -0.25) is 10.00 Å². The molecule has 24 heavy (non-hydrogen) atoms. The fraction of sp³-hybridized carbons (Fsp3) is 0.444. The standard InChI is InChI=1S/C18H24N4O2/c1-4-11(2)22-12(3)9-16(21-22)19-18(24)20-17-14-8-6-5-7-13(14)10-15(17)23/h5-9,11,15,17,23H,4,10H2,1-3H3,(H2,19,20,21,24). The summed E-state index contributed by atoms with van der Waals surface area (Å²) in [6.07, 6.45) is 0.926. The number of nitrogens with one attached hydrogen (secondary N) is 2. The maximum Gasteiger partial charge on any atom is 0.321 e. The van der Waals surface area contributed by atoms with E-state index < -0.39 is 6.10 Å². The van der Waals surface area contributed by atoms with Crippen LogP contribution in [0.1, 0.15) is 49.2 Å². The van der Waals surface area contributed by atoms with Crippen molar-refractivity contribution in [1.29, 1.82) is 0 Å². The van der Waals surface area contributed by atoms with Crippen LogP contribution in [0, 0.1) is 6.92 Å². The molecule has 3 N–H and O–H groups in total. The number of carbonyl (C=O) groups excluding carboxylic acids is 1. The number of nitrogens with zero attached hydrogens (tertiary/aromatic N) is 2. The molecule has 2 amide bonds. The molecular formula is C18H24N4O2. The van der Waals surface area contributed by atoms with E-state index in [2.05, 4.69) is 29.6 Å². The molecule has 6 heteroatoms. The van der Waals surface area contributed by atoms with Gasteiger partial charge in [0.25, 0.3) is 0 Å². The van der Waals surface area contributed by atoms with E-state index in [-0.39, 0.29) is 18.1 Å². The highest BCUT2D eigenvalue weighted by Crippen LogP contribution is 2.31. The van der Waals surface area contributed by atoms with E-state index in [0.29, 0.717) is 12.2 Å². The third kappa shape index (κ3) is 3.14. The molecule has 6 nitrogen and oxygen atoms in total. The summed E-state index contributed by atoms with van der Waals surface area (Å²) in [6, 6.07) is 9.17. The number of aliphatic hydroxyl groups excluding tert-OH is 1. The maximum atomic E-state index is 12.3. The molecule has 128 valence electrons. The molecule has 0 saturated carbocycles. The van der Waals surface area contributed by atoms with Gasteiger partial charge < -0.3 is 10.4 Å². The van der Waals surface area contributed by atoms with Crippen molar-refractivity contribution in [2.75, 3.05) is 5.32 Å². The van der Waals surface area contributed by atoms with Crippen molar-refractivity contribution >= 4 is 11.8 Å². The molecule has 0 spiro atoms. The molecule has 1 aromatic heterocycles. The number of fused-ring (bicyclic) bond motifs is 1. The summed E-state index contributed by atoms with van der Waals surface area (Å²) < 4.78 is 1.91. The van der Waals surface area contributed by atoms with Crippen LogP contribution in [-0.4, -0.2) is 27.0 Å². The summed E-state index contributed by atoms with van der Waals surface area (Å²) in [4.78, 5) is 12.3. The van der Waals surface area contributed by atoms with E-state index in [0.717, 1.165) is 23.2 Å². The van der Waals surface area contributed by atoms with E-state index in [4.69, 9.17) is 0 Å². The molecule has 1 aromatic carbocycles. The van der Waals surface area contributed by atoms with Crippen molar-refractivity contribution in [3.63, 3.8) is 0 Å². The Morgan fingerprint density at radius 3 is 2.96 bits per heavy atom. The Labute approximate surface area is 141 Å². The number of rotatable bonds is 4. The van der Waals surface area contributed by atoms with E-state index in [9.17, 15) is 9.90 Å². The minimum Gasteiger partial charge on any atom is -0.390 e. The smallest absolute Gasteiger partial charge is 0.321 e. The topological polar surface area (TPSA) is 79.2 Å². The predicted octanol–water partition coefficient (Wildman–Crippen LogP) is 2.94. The van der Waals surface area contributed by atoms with Crippen LogP contribution < -0.4 is 10.6 Å². The lowest BCUT2D eigenvalue weighted by Gasteiger charge is -2.18. The number of anilines is 1. The lowest BCUT2D eigenvalue weighted by Crippen LogP contribution is -2.36. The molecule has 0 radical (unpaired) electrons. The van der Waals surface area contributed by atoms with Crippen LogP contribution in [0.3, 0.4) is 0 Å². The van der Waals surface area contributed by atoms with E-state index in [1.165, 1.54) is 0 Å². The Bertz CT molecular complexity index is 740. The third-order valence-electron chi connectivity index (χ3n) is 4.66. The molecule has 0 fully saturated rings. The van der Waals surface area contributed by atoms with Crippen LogP contribution in [0.15, 0.2) is 30.3 Å². The van der Waals surface area contributed by atoms with Crippen LogP contribution in [0.2, 0.25) is 0 Å². The second-order valence-corrected chi connectivity index (χ2v) is 6.42. The average molecular weight is 328 g/mol. The number of aromatic nitrogens is 2. The Kier molecular flexibility index (Phi) is 4.57. The number of urea groups is 1. The number of aryl methyl sites for hydroxylation is 1. The van der Waals surface area contributed by atoms with Gasteiger partial charge in [0.15, 0.2) is 5.82 Å². The molecule has 1 heterocycles. The predicted molar refractivity (Wildman–Crippen MR) is 93.0 cm³/mol. The summed E-state index contributed by atoms with van der Waals surface area (Å²) in [5, 5.41) is 20.3. The van der Waals surface area contributed by atoms with Gasteiger partial charge in [-0.05, 0) is 31.4 Å². The average Bonchev–Trinajstić information content (AvgIpc) is 3.07. The van der Waals surface area contributed by atoms with E-state index >= 15 is 0 Å². The molecule has 1 aliphatic rings. The van der Waals surface area contributed by atoms with Crippen molar-refractivity contribution in [3.8, 4) is 0 Å². The third-order valence-corrected chi connectivity index (χ3v) is 4.66. The van der Waals surface area contributed by atoms with Crippen molar-refractivity contribution in [3.05, 3.63) is 47.2 Å². The fourth-order valence-corrected chi connectivity index (χ4v) is 3.21. The molecule has 3 atom stereocenters. The van der Waals surface area contributed by atoms with Gasteiger partial charge in [0.05, 0.1) is 12.1 Å². The van der Waals surface area contributed by atoms with Gasteiger partial charge in [-0.1, -0.05) is 31.2 Å². The number of hydrogen-bond acceptors (Lipinski definition) is 3. The normalized spacial score (nSPS) is 20.5. The zero-order chi connectivity index (χ0) is 17.3. The van der Waals surface area contributed by atoms with Crippen molar-refractivity contribution in [1.82, 2.24) is 15.1 Å². The Morgan fingerprint density at radius 2 is 2.21 bits per heavy atom. The SMILES string of the molecule is CCC(C)n1nc(NC(=O)NC2c3ccccc3CC2O)cc1C. The summed E-state index contributed by atoms with van der Waals surface area (Å²) in [6.45, 7) is 6.17. The van der Waals surface area contributed by atoms with Gasteiger partial charge in [-0.15, -0.1) is 0 Å². The molecule has 2 aromatic rings. The first-order valence-electron chi connectivity index (χ1n) is 8.39. The lowest BCUT2D eigenvalue weighted by atomic mass is 10.1. The zero-order valence-corrected chi connectivity index (χ0v) is 14.3. The Morgan fingerprint density at radius 1 is 1.46 bits per heavy atom. The van der Waals surface area contributed by atoms with E-state index in [1.54, 1.807) is 0 Å². The fourth-order valence-electron chi connectivity index (χ4n) is 3.21. The molecule has 0 bridgehead atoms. The highest BCUT2D eigenvalue weighted by atomic mass is 16.3. The summed E-state index contributed by atoms with van der Waals surface area (Å²) in [5.41, 5.74) is 3.06. The van der Waals surface area contributed by atoms with Crippen LogP contribution in [0.4, 0.5) is 10.6 Å². The van der Waals surface area contributed by atoms with Gasteiger partial charge in [-0.2, -0.15) is 5.10 Å². The molecule has 0 saturated heterocycles. The van der Waals surface area contributed by atoms with Gasteiger partial charge in [0.2, 0.25) is 0 Å². The maximum absolute atomic E-state index is 12.3. The van der Waals surface area contributed by atoms with Gasteiger partial charge in [0.1, 0.15) is 0 Å². The Balaban J connectivity index is 1.68. The monoisotopic (exact) mass is 328 g/mol. The first kappa shape index (κ1) is 16.5. The highest BCUT2D eigenvalue weighted by molar-refractivity contribution is 5.88. The van der Waals surface area contributed by atoms with Crippen molar-refractivity contribution < 1.29 is 9.90 Å². The summed E-state index contributed by atoms with van der Waals surface area (Å²) >= 11 is 0. The number of hydrogen-bond donors (Lipinski definition) is 3. The van der Waals surface area contributed by atoms with Gasteiger partial charge in [0, 0.05) is 24.2 Å². The molecule has 3 rings (SSSR count). The van der Waals surface area contributed by atoms with Crippen molar-refractivity contribution in [2.45, 2.75) is 51.8 Å². The molecule has 1 aliphatic carbocycles. The summed E-state index contributed by atoms with van der Waals surface area (Å²) in [5.74, 6) is 0.520. The van der Waals surface area contributed by atoms with E-state index in [1.807, 2.05) is 41.9 Å². The highest BCUT2D eigenvalue weighted by Gasteiger charge is 2.32. The van der Waals surface area contributed by atoms with Crippen LogP contribution in [0.25, 0.3) is 0 Å². The number of carbonyl (C=O) groups is 1. The molecular weight excluding hydrogens is 304 g/mol. The molecule has 0 aliphatic heterocycles. The minimum atomic E-state index is -0.604. The first-order chi connectivity index (χ1) is 11.5. The summed E-state index contributed by atoms with van der Waals surface area (Å²) in [7, 11) is 0. The van der Waals surface area contributed by atoms with Crippen LogP contribution >= 0.6 is 0 Å². The number of amides is 2. The quantitative estimate of drug-likeness (QED) is 0.807. The molecule has 3 unspecified atom stereocenters. The zero-order valence-electron chi connectivity index (χ0n) is 14.3. The lowest BCUT2D eigenvalue weighted by molar-refractivity contribution is 0.144. The van der Waals surface area contributed by atoms with Gasteiger partial charge >= 0.3 is 6.03 Å². The van der Waals surface area contributed by atoms with Crippen LogP contribution in [-0.2, 0) is 6.42 Å². The van der Waals surface area contributed by atoms with Crippen LogP contribution in [0.5, 0.6) is 0 Å². The van der Waals surface area contributed by atoms with Crippen molar-refractivity contribution in [2.24, 2.45) is 0 Å². The first-order valence-corrected chi connectivity index (χ1v) is 8.39. The number of benzene rings is 1. The van der Waals surface area contributed by atoms with Gasteiger partial charge in [-0.25, -0.2) is 4.79 Å². The second-order valence-electron chi connectivity index (χ2n) is 6.42. The second kappa shape index (κ2) is 6.65. The minimum absolute atomic E-state index is 0.284. The largest absolute Gasteiger partial charge is 0.390 e.